The minimum absolute atomic E-state index is 0.101. The zero-order chi connectivity index (χ0) is 20.1. The van der Waals surface area contributed by atoms with E-state index in [1.807, 2.05) is 59.2 Å². The van der Waals surface area contributed by atoms with Crippen LogP contribution in [0.25, 0.3) is 0 Å². The summed E-state index contributed by atoms with van der Waals surface area (Å²) in [6, 6.07) is 17.6. The largest absolute Gasteiger partial charge is 0.448 e. The third-order valence-electron chi connectivity index (χ3n) is 4.79. The van der Waals surface area contributed by atoms with Gasteiger partial charge in [0.15, 0.2) is 0 Å². The molecule has 1 aliphatic rings. The van der Waals surface area contributed by atoms with Crippen LogP contribution >= 0.6 is 0 Å². The van der Waals surface area contributed by atoms with Gasteiger partial charge in [-0.2, -0.15) is 0 Å². The van der Waals surface area contributed by atoms with E-state index in [4.69, 9.17) is 4.74 Å². The predicted octanol–water partition coefficient (Wildman–Crippen LogP) is 3.06. The number of imidazole rings is 1. The molecule has 0 spiro atoms. The Morgan fingerprint density at radius 1 is 1.03 bits per heavy atom. The van der Waals surface area contributed by atoms with Gasteiger partial charge < -0.3 is 19.5 Å². The Morgan fingerprint density at radius 2 is 1.79 bits per heavy atom. The lowest BCUT2D eigenvalue weighted by atomic mass is 10.2. The van der Waals surface area contributed by atoms with E-state index in [1.54, 1.807) is 17.4 Å². The average Bonchev–Trinajstić information content (AvgIpc) is 3.33. The van der Waals surface area contributed by atoms with Gasteiger partial charge in [-0.05, 0) is 23.3 Å². The summed E-state index contributed by atoms with van der Waals surface area (Å²) in [7, 11) is 0. The number of benzene rings is 2. The Morgan fingerprint density at radius 3 is 2.52 bits per heavy atom. The van der Waals surface area contributed by atoms with Crippen molar-refractivity contribution in [2.24, 2.45) is 0 Å². The van der Waals surface area contributed by atoms with Gasteiger partial charge in [-0.15, -0.1) is 0 Å². The number of hydrogen-bond acceptors (Lipinski definition) is 4. The molecule has 0 aliphatic carbocycles. The van der Waals surface area contributed by atoms with E-state index in [0.29, 0.717) is 26.2 Å². The minimum Gasteiger partial charge on any atom is -0.448 e. The van der Waals surface area contributed by atoms with Crippen LogP contribution in [0.2, 0.25) is 0 Å². The molecule has 0 radical (unpaired) electrons. The van der Waals surface area contributed by atoms with Crippen LogP contribution in [-0.4, -0.2) is 39.6 Å². The Hall–Kier alpha value is -3.61. The molecule has 1 fully saturated rings. The molecular formula is C22H22N4O3. The molecule has 148 valence electrons. The number of ether oxygens (including phenoxy) is 1. The van der Waals surface area contributed by atoms with Gasteiger partial charge in [0.05, 0.1) is 19.3 Å². The Balaban J connectivity index is 1.33. The van der Waals surface area contributed by atoms with Crippen LogP contribution in [0.1, 0.15) is 16.8 Å². The van der Waals surface area contributed by atoms with E-state index in [1.165, 1.54) is 0 Å². The summed E-state index contributed by atoms with van der Waals surface area (Å²) in [5.41, 5.74) is 3.72. The predicted molar refractivity (Wildman–Crippen MR) is 108 cm³/mol. The normalized spacial score (nSPS) is 13.4. The molecular weight excluding hydrogens is 368 g/mol. The van der Waals surface area contributed by atoms with Crippen molar-refractivity contribution < 1.29 is 14.3 Å². The number of carbonyl (C=O) groups is 2. The lowest BCUT2D eigenvalue weighted by Crippen LogP contribution is -2.23. The Kier molecular flexibility index (Phi) is 5.56. The molecule has 1 aliphatic heterocycles. The first-order valence-corrected chi connectivity index (χ1v) is 9.51. The maximum Gasteiger partial charge on any atom is 0.410 e. The van der Waals surface area contributed by atoms with Crippen molar-refractivity contribution in [3.05, 3.63) is 83.9 Å². The molecule has 0 bridgehead atoms. The highest BCUT2D eigenvalue weighted by Gasteiger charge is 2.21. The van der Waals surface area contributed by atoms with E-state index in [-0.39, 0.29) is 18.4 Å². The van der Waals surface area contributed by atoms with Crippen LogP contribution in [0.5, 0.6) is 0 Å². The molecule has 1 saturated heterocycles. The van der Waals surface area contributed by atoms with Crippen molar-refractivity contribution in [3.8, 4) is 0 Å². The van der Waals surface area contributed by atoms with Gasteiger partial charge in [0.25, 0.3) is 0 Å². The number of aromatic nitrogens is 2. The van der Waals surface area contributed by atoms with E-state index < -0.39 is 0 Å². The van der Waals surface area contributed by atoms with E-state index in [0.717, 1.165) is 22.5 Å². The van der Waals surface area contributed by atoms with Crippen molar-refractivity contribution in [1.82, 2.24) is 14.5 Å². The first-order chi connectivity index (χ1) is 14.2. The number of nitrogens with zero attached hydrogens (tertiary/aromatic N) is 3. The van der Waals surface area contributed by atoms with Crippen molar-refractivity contribution in [1.29, 1.82) is 0 Å². The van der Waals surface area contributed by atoms with Gasteiger partial charge in [-0.1, -0.05) is 42.5 Å². The van der Waals surface area contributed by atoms with E-state index >= 15 is 0 Å². The number of amides is 2. The molecule has 0 saturated carbocycles. The summed E-state index contributed by atoms with van der Waals surface area (Å²) in [6.07, 6.45) is 3.43. The number of nitrogens with one attached hydrogen (secondary N) is 1. The molecule has 4 rings (SSSR count). The number of rotatable bonds is 7. The summed E-state index contributed by atoms with van der Waals surface area (Å²) in [6.45, 7) is 2.23. The van der Waals surface area contributed by atoms with Gasteiger partial charge in [-0.25, -0.2) is 9.78 Å². The maximum absolute atomic E-state index is 12.5. The molecule has 0 atom stereocenters. The number of carbonyl (C=O) groups excluding carboxylic acids is 2. The molecule has 2 heterocycles. The SMILES string of the molecule is O=C(Cc1cncn1Cc1ccccc1)Nc1ccc(CN2CCOC2=O)cc1. The lowest BCUT2D eigenvalue weighted by molar-refractivity contribution is -0.115. The first-order valence-electron chi connectivity index (χ1n) is 9.51. The van der Waals surface area contributed by atoms with Crippen LogP contribution in [0.4, 0.5) is 10.5 Å². The van der Waals surface area contributed by atoms with Gasteiger partial charge >= 0.3 is 6.09 Å². The van der Waals surface area contributed by atoms with Crippen molar-refractivity contribution in [2.75, 3.05) is 18.5 Å². The molecule has 2 aromatic carbocycles. The second kappa shape index (κ2) is 8.60. The number of anilines is 1. The smallest absolute Gasteiger partial charge is 0.410 e. The van der Waals surface area contributed by atoms with E-state index in [2.05, 4.69) is 10.3 Å². The van der Waals surface area contributed by atoms with Crippen LogP contribution in [0.15, 0.2) is 67.1 Å². The summed E-state index contributed by atoms with van der Waals surface area (Å²) < 4.78 is 6.91. The highest BCUT2D eigenvalue weighted by molar-refractivity contribution is 5.92. The molecule has 7 heteroatoms. The van der Waals surface area contributed by atoms with Crippen LogP contribution in [0, 0.1) is 0 Å². The Labute approximate surface area is 168 Å². The highest BCUT2D eigenvalue weighted by Crippen LogP contribution is 2.15. The number of cyclic esters (lactones) is 1. The summed E-state index contributed by atoms with van der Waals surface area (Å²) in [4.78, 5) is 29.8. The third-order valence-corrected chi connectivity index (χ3v) is 4.79. The van der Waals surface area contributed by atoms with Crippen LogP contribution in [0.3, 0.4) is 0 Å². The van der Waals surface area contributed by atoms with Gasteiger partial charge in [0.1, 0.15) is 6.61 Å². The van der Waals surface area contributed by atoms with Crippen LogP contribution in [-0.2, 0) is 29.0 Å². The summed E-state index contributed by atoms with van der Waals surface area (Å²) in [5.74, 6) is -0.101. The molecule has 2 amide bonds. The maximum atomic E-state index is 12.5. The topological polar surface area (TPSA) is 76.5 Å². The van der Waals surface area contributed by atoms with Crippen molar-refractivity contribution in [2.45, 2.75) is 19.5 Å². The third kappa shape index (κ3) is 4.82. The average molecular weight is 390 g/mol. The van der Waals surface area contributed by atoms with Crippen LogP contribution < -0.4 is 5.32 Å². The summed E-state index contributed by atoms with van der Waals surface area (Å²) >= 11 is 0. The molecule has 1 aromatic heterocycles. The Bertz CT molecular complexity index is 983. The molecule has 1 N–H and O–H groups in total. The standard InChI is InChI=1S/C22H22N4O3/c27-21(12-20-13-23-16-26(20)15-17-4-2-1-3-5-17)24-19-8-6-18(7-9-19)14-25-10-11-29-22(25)28/h1-9,13,16H,10-12,14-15H2,(H,24,27). The fourth-order valence-corrected chi connectivity index (χ4v) is 3.27. The lowest BCUT2D eigenvalue weighted by Gasteiger charge is -2.13. The first kappa shape index (κ1) is 18.7. The number of hydrogen-bond donors (Lipinski definition) is 1. The second-order valence-corrected chi connectivity index (χ2v) is 6.96. The summed E-state index contributed by atoms with van der Waals surface area (Å²) in [5, 5.41) is 2.92. The van der Waals surface area contributed by atoms with Gasteiger partial charge in [0.2, 0.25) is 5.91 Å². The molecule has 29 heavy (non-hydrogen) atoms. The van der Waals surface area contributed by atoms with Gasteiger partial charge in [0, 0.05) is 30.7 Å². The molecule has 3 aromatic rings. The van der Waals surface area contributed by atoms with Crippen molar-refractivity contribution >= 4 is 17.7 Å². The van der Waals surface area contributed by atoms with Gasteiger partial charge in [-0.3, -0.25) is 4.79 Å². The zero-order valence-electron chi connectivity index (χ0n) is 16.0. The van der Waals surface area contributed by atoms with Crippen molar-refractivity contribution in [3.63, 3.8) is 0 Å². The monoisotopic (exact) mass is 390 g/mol. The molecule has 7 nitrogen and oxygen atoms in total. The quantitative estimate of drug-likeness (QED) is 0.673. The highest BCUT2D eigenvalue weighted by atomic mass is 16.6. The fourth-order valence-electron chi connectivity index (χ4n) is 3.27. The fraction of sp³-hybridized carbons (Fsp3) is 0.227. The minimum atomic E-state index is -0.283. The zero-order valence-corrected chi connectivity index (χ0v) is 16.0. The van der Waals surface area contributed by atoms with E-state index in [9.17, 15) is 9.59 Å². The second-order valence-electron chi connectivity index (χ2n) is 6.96. The molecule has 0 unspecified atom stereocenters.